The minimum absolute atomic E-state index is 0.233. The van der Waals surface area contributed by atoms with Crippen molar-refractivity contribution in [2.75, 3.05) is 13.1 Å². The highest BCUT2D eigenvalue weighted by Crippen LogP contribution is 2.15. The maximum Gasteiger partial charge on any atom is 0.233 e. The monoisotopic (exact) mass is 236 g/mol. The van der Waals surface area contributed by atoms with Crippen LogP contribution in [0.4, 0.5) is 0 Å². The SMILES string of the molecule is CCCCCCc1noc(C2CN=CNC2)n1. The fourth-order valence-corrected chi connectivity index (χ4v) is 1.91. The first-order valence-electron chi connectivity index (χ1n) is 6.44. The lowest BCUT2D eigenvalue weighted by atomic mass is 10.1. The van der Waals surface area contributed by atoms with Crippen LogP contribution in [0.2, 0.25) is 0 Å². The van der Waals surface area contributed by atoms with Crippen LogP contribution in [0.15, 0.2) is 9.52 Å². The van der Waals surface area contributed by atoms with Crippen molar-refractivity contribution in [1.29, 1.82) is 0 Å². The predicted molar refractivity (Wildman–Crippen MR) is 66.2 cm³/mol. The van der Waals surface area contributed by atoms with Crippen LogP contribution in [-0.4, -0.2) is 29.6 Å². The lowest BCUT2D eigenvalue weighted by molar-refractivity contribution is 0.347. The van der Waals surface area contributed by atoms with Crippen LogP contribution in [-0.2, 0) is 6.42 Å². The highest BCUT2D eigenvalue weighted by atomic mass is 16.5. The molecular weight excluding hydrogens is 216 g/mol. The average molecular weight is 236 g/mol. The van der Waals surface area contributed by atoms with Crippen molar-refractivity contribution < 1.29 is 4.52 Å². The van der Waals surface area contributed by atoms with Crippen LogP contribution in [0.3, 0.4) is 0 Å². The molecule has 0 amide bonds. The standard InChI is InChI=1S/C12H20N4O/c1-2-3-4-5-6-11-15-12(17-16-11)10-7-13-9-14-8-10/h9-10H,2-8H2,1H3,(H,13,14). The fraction of sp³-hybridized carbons (Fsp3) is 0.750. The van der Waals surface area contributed by atoms with E-state index >= 15 is 0 Å². The van der Waals surface area contributed by atoms with Crippen LogP contribution in [0.1, 0.15) is 50.2 Å². The molecule has 0 spiro atoms. The van der Waals surface area contributed by atoms with Gasteiger partial charge in [-0.05, 0) is 6.42 Å². The Morgan fingerprint density at radius 2 is 2.35 bits per heavy atom. The molecule has 94 valence electrons. The van der Waals surface area contributed by atoms with Crippen LogP contribution >= 0.6 is 0 Å². The summed E-state index contributed by atoms with van der Waals surface area (Å²) in [7, 11) is 0. The summed E-state index contributed by atoms with van der Waals surface area (Å²) in [5, 5.41) is 7.11. The smallest absolute Gasteiger partial charge is 0.233 e. The second-order valence-electron chi connectivity index (χ2n) is 4.46. The Morgan fingerprint density at radius 1 is 1.41 bits per heavy atom. The van der Waals surface area contributed by atoms with Crippen molar-refractivity contribution >= 4 is 6.34 Å². The highest BCUT2D eigenvalue weighted by Gasteiger charge is 2.19. The zero-order valence-corrected chi connectivity index (χ0v) is 10.4. The van der Waals surface area contributed by atoms with Crippen molar-refractivity contribution in [1.82, 2.24) is 15.5 Å². The predicted octanol–water partition coefficient (Wildman–Crippen LogP) is 1.91. The summed E-state index contributed by atoms with van der Waals surface area (Å²) in [5.74, 6) is 1.79. The molecule has 17 heavy (non-hydrogen) atoms. The van der Waals surface area contributed by atoms with Crippen molar-refractivity contribution in [2.45, 2.75) is 44.9 Å². The first-order chi connectivity index (χ1) is 8.40. The zero-order chi connectivity index (χ0) is 11.9. The maximum absolute atomic E-state index is 5.29. The number of hydrogen-bond acceptors (Lipinski definition) is 5. The Balaban J connectivity index is 1.81. The number of aromatic nitrogens is 2. The summed E-state index contributed by atoms with van der Waals surface area (Å²) < 4.78 is 5.29. The topological polar surface area (TPSA) is 63.3 Å². The lowest BCUT2D eigenvalue weighted by Gasteiger charge is -2.13. The first kappa shape index (κ1) is 12.1. The number of aryl methyl sites for hydroxylation is 1. The molecule has 1 unspecified atom stereocenters. The van der Waals surface area contributed by atoms with E-state index in [4.69, 9.17) is 4.52 Å². The fourth-order valence-electron chi connectivity index (χ4n) is 1.91. The van der Waals surface area contributed by atoms with Gasteiger partial charge in [0.15, 0.2) is 5.82 Å². The molecule has 1 aliphatic heterocycles. The second-order valence-corrected chi connectivity index (χ2v) is 4.46. The summed E-state index contributed by atoms with van der Waals surface area (Å²) in [6, 6.07) is 0. The normalized spacial score (nSPS) is 19.2. The molecule has 0 saturated carbocycles. The van der Waals surface area contributed by atoms with E-state index in [-0.39, 0.29) is 5.92 Å². The van der Waals surface area contributed by atoms with Gasteiger partial charge in [0.2, 0.25) is 5.89 Å². The van der Waals surface area contributed by atoms with E-state index < -0.39 is 0 Å². The average Bonchev–Trinajstić information content (AvgIpc) is 2.85. The Hall–Kier alpha value is -1.39. The molecule has 1 atom stereocenters. The van der Waals surface area contributed by atoms with Gasteiger partial charge < -0.3 is 9.84 Å². The second kappa shape index (κ2) is 6.37. The van der Waals surface area contributed by atoms with E-state index in [1.165, 1.54) is 19.3 Å². The molecule has 2 rings (SSSR count). The van der Waals surface area contributed by atoms with Gasteiger partial charge in [-0.3, -0.25) is 4.99 Å². The molecular formula is C12H20N4O. The Morgan fingerprint density at radius 3 is 3.12 bits per heavy atom. The summed E-state index contributed by atoms with van der Waals surface area (Å²) in [5.41, 5.74) is 0. The molecule has 0 aliphatic carbocycles. The third-order valence-electron chi connectivity index (χ3n) is 2.96. The Labute approximate surface area is 102 Å². The highest BCUT2D eigenvalue weighted by molar-refractivity contribution is 5.55. The van der Waals surface area contributed by atoms with Gasteiger partial charge in [0.1, 0.15) is 0 Å². The summed E-state index contributed by atoms with van der Waals surface area (Å²) in [6.45, 7) is 3.79. The molecule has 0 radical (unpaired) electrons. The lowest BCUT2D eigenvalue weighted by Crippen LogP contribution is -2.27. The Kier molecular flexibility index (Phi) is 4.53. The first-order valence-corrected chi connectivity index (χ1v) is 6.44. The molecule has 0 saturated heterocycles. The minimum atomic E-state index is 0.233. The summed E-state index contributed by atoms with van der Waals surface area (Å²) >= 11 is 0. The van der Waals surface area contributed by atoms with Crippen LogP contribution in [0.5, 0.6) is 0 Å². The molecule has 0 fully saturated rings. The van der Waals surface area contributed by atoms with Crippen LogP contribution in [0.25, 0.3) is 0 Å². The van der Waals surface area contributed by atoms with Crippen molar-refractivity contribution in [3.8, 4) is 0 Å². The van der Waals surface area contributed by atoms with Crippen molar-refractivity contribution in [3.63, 3.8) is 0 Å². The number of aliphatic imine (C=N–C) groups is 1. The molecule has 1 N–H and O–H groups in total. The van der Waals surface area contributed by atoms with Gasteiger partial charge in [-0.25, -0.2) is 0 Å². The largest absolute Gasteiger partial charge is 0.376 e. The number of nitrogens with zero attached hydrogens (tertiary/aromatic N) is 3. The van der Waals surface area contributed by atoms with Gasteiger partial charge >= 0.3 is 0 Å². The number of nitrogens with one attached hydrogen (secondary N) is 1. The van der Waals surface area contributed by atoms with Gasteiger partial charge in [0, 0.05) is 13.0 Å². The molecule has 0 aromatic carbocycles. The molecule has 0 bridgehead atoms. The van der Waals surface area contributed by atoms with E-state index in [1.54, 1.807) is 6.34 Å². The molecule has 1 aromatic rings. The van der Waals surface area contributed by atoms with E-state index in [9.17, 15) is 0 Å². The molecule has 1 aliphatic rings. The van der Waals surface area contributed by atoms with Gasteiger partial charge in [-0.2, -0.15) is 4.98 Å². The third-order valence-corrected chi connectivity index (χ3v) is 2.96. The molecule has 5 nitrogen and oxygen atoms in total. The maximum atomic E-state index is 5.29. The van der Waals surface area contributed by atoms with E-state index in [1.807, 2.05) is 0 Å². The number of unbranched alkanes of at least 4 members (excludes halogenated alkanes) is 3. The Bertz CT molecular complexity index is 361. The third kappa shape index (κ3) is 3.54. The minimum Gasteiger partial charge on any atom is -0.376 e. The van der Waals surface area contributed by atoms with E-state index in [2.05, 4.69) is 27.4 Å². The number of rotatable bonds is 6. The quantitative estimate of drug-likeness (QED) is 0.766. The zero-order valence-electron chi connectivity index (χ0n) is 10.4. The van der Waals surface area contributed by atoms with Gasteiger partial charge in [0.25, 0.3) is 0 Å². The summed E-state index contributed by atoms with van der Waals surface area (Å²) in [6.07, 6.45) is 7.59. The van der Waals surface area contributed by atoms with Crippen LogP contribution in [0, 0.1) is 0 Å². The van der Waals surface area contributed by atoms with Crippen molar-refractivity contribution in [2.24, 2.45) is 4.99 Å². The van der Waals surface area contributed by atoms with Crippen molar-refractivity contribution in [3.05, 3.63) is 11.7 Å². The molecule has 2 heterocycles. The summed E-state index contributed by atoms with van der Waals surface area (Å²) in [4.78, 5) is 8.61. The molecule has 5 heteroatoms. The van der Waals surface area contributed by atoms with Gasteiger partial charge in [-0.15, -0.1) is 0 Å². The van der Waals surface area contributed by atoms with E-state index in [0.29, 0.717) is 0 Å². The van der Waals surface area contributed by atoms with Crippen LogP contribution < -0.4 is 5.32 Å². The number of hydrogen-bond donors (Lipinski definition) is 1. The van der Waals surface area contributed by atoms with E-state index in [0.717, 1.165) is 37.6 Å². The van der Waals surface area contributed by atoms with Gasteiger partial charge in [0.05, 0.1) is 18.8 Å². The molecule has 1 aromatic heterocycles. The van der Waals surface area contributed by atoms with Gasteiger partial charge in [-0.1, -0.05) is 31.3 Å².